The second-order valence-corrected chi connectivity index (χ2v) is 7.42. The summed E-state index contributed by atoms with van der Waals surface area (Å²) in [4.78, 5) is 25.3. The molecule has 0 aliphatic carbocycles. The zero-order chi connectivity index (χ0) is 20.4. The lowest BCUT2D eigenvalue weighted by Crippen LogP contribution is -2.26. The van der Waals surface area contributed by atoms with E-state index in [1.165, 1.54) is 24.3 Å². The molecule has 2 atom stereocenters. The van der Waals surface area contributed by atoms with Crippen LogP contribution in [0.15, 0.2) is 54.8 Å². The van der Waals surface area contributed by atoms with E-state index in [-0.39, 0.29) is 33.4 Å². The average molecular weight is 433 g/mol. The summed E-state index contributed by atoms with van der Waals surface area (Å²) in [6.07, 6.45) is -1.62. The highest BCUT2D eigenvalue weighted by molar-refractivity contribution is 6.31. The summed E-state index contributed by atoms with van der Waals surface area (Å²) in [6, 6.07) is 8.93. The van der Waals surface area contributed by atoms with E-state index in [0.717, 1.165) is 0 Å². The maximum Gasteiger partial charge on any atom is 0.344 e. The summed E-state index contributed by atoms with van der Waals surface area (Å²) >= 11 is 11.8. The first kappa shape index (κ1) is 18.1. The molecule has 0 amide bonds. The normalized spacial score (nSPS) is 18.2. The van der Waals surface area contributed by atoms with Crippen LogP contribution in [0.3, 0.4) is 0 Å². The topological polar surface area (TPSA) is 110 Å². The number of fused-ring (bicyclic) bond motifs is 4. The molecule has 0 radical (unpaired) electrons. The Morgan fingerprint density at radius 1 is 0.828 bits per heavy atom. The van der Waals surface area contributed by atoms with Gasteiger partial charge in [-0.25, -0.2) is 9.59 Å². The first-order valence-electron chi connectivity index (χ1n) is 8.41. The molecule has 3 heterocycles. The number of aliphatic hydroxyl groups is 1. The first-order valence-corrected chi connectivity index (χ1v) is 9.17. The third kappa shape index (κ3) is 2.62. The highest BCUT2D eigenvalue weighted by Crippen LogP contribution is 2.46. The number of rotatable bonds is 1. The van der Waals surface area contributed by atoms with Crippen molar-refractivity contribution in [3.8, 4) is 11.5 Å². The summed E-state index contributed by atoms with van der Waals surface area (Å²) in [5, 5.41) is 22.5. The van der Waals surface area contributed by atoms with Crippen molar-refractivity contribution in [2.24, 2.45) is 0 Å². The van der Waals surface area contributed by atoms with E-state index in [1.54, 1.807) is 12.1 Å². The van der Waals surface area contributed by atoms with Gasteiger partial charge in [0.1, 0.15) is 22.7 Å². The molecule has 0 saturated carbocycles. The fourth-order valence-corrected chi connectivity index (χ4v) is 3.95. The Morgan fingerprint density at radius 3 is 2.03 bits per heavy atom. The highest BCUT2D eigenvalue weighted by atomic mass is 35.5. The molecule has 5 rings (SSSR count). The molecule has 29 heavy (non-hydrogen) atoms. The van der Waals surface area contributed by atoms with Gasteiger partial charge in [-0.15, -0.1) is 0 Å². The van der Waals surface area contributed by atoms with Gasteiger partial charge in [0.15, 0.2) is 0 Å². The molecule has 146 valence electrons. The van der Waals surface area contributed by atoms with Gasteiger partial charge in [-0.1, -0.05) is 23.2 Å². The number of hydrogen-bond donors (Lipinski definition) is 2. The minimum Gasteiger partial charge on any atom is -0.507 e. The quantitative estimate of drug-likeness (QED) is 0.440. The highest BCUT2D eigenvalue weighted by Gasteiger charge is 2.43. The monoisotopic (exact) mass is 432 g/mol. The van der Waals surface area contributed by atoms with Gasteiger partial charge in [0.25, 0.3) is 0 Å². The minimum atomic E-state index is -1.62. The van der Waals surface area contributed by atoms with Crippen molar-refractivity contribution in [3.05, 3.63) is 78.4 Å². The van der Waals surface area contributed by atoms with Crippen molar-refractivity contribution >= 4 is 45.1 Å². The van der Waals surface area contributed by atoms with Crippen LogP contribution < -0.4 is 16.0 Å². The predicted octanol–water partition coefficient (Wildman–Crippen LogP) is 3.75. The van der Waals surface area contributed by atoms with E-state index in [2.05, 4.69) is 0 Å². The second-order valence-electron chi connectivity index (χ2n) is 6.55. The fraction of sp³-hybridized carbons (Fsp3) is 0.100. The SMILES string of the molecule is O=c1oc2cc(Cl)ccc2c(O)c1C1c2c(c3ccc(Cl)cc3oc2=O)OC1O. The number of aliphatic hydroxyl groups excluding tert-OH is 1. The van der Waals surface area contributed by atoms with Crippen LogP contribution in [0.1, 0.15) is 17.0 Å². The van der Waals surface area contributed by atoms with Crippen molar-refractivity contribution in [1.29, 1.82) is 0 Å². The molecule has 1 aliphatic rings. The molecule has 7 nitrogen and oxygen atoms in total. The molecule has 2 N–H and O–H groups in total. The summed E-state index contributed by atoms with van der Waals surface area (Å²) in [6.45, 7) is 0. The number of ether oxygens (including phenoxy) is 1. The van der Waals surface area contributed by atoms with Crippen LogP contribution in [-0.2, 0) is 0 Å². The van der Waals surface area contributed by atoms with E-state index in [0.29, 0.717) is 15.4 Å². The Labute approximate surface area is 171 Å². The number of halogens is 2. The molecule has 0 spiro atoms. The van der Waals surface area contributed by atoms with Crippen LogP contribution in [0.5, 0.6) is 11.5 Å². The van der Waals surface area contributed by atoms with Crippen molar-refractivity contribution < 1.29 is 23.8 Å². The second kappa shape index (κ2) is 6.25. The van der Waals surface area contributed by atoms with Gasteiger partial charge < -0.3 is 23.8 Å². The molecular weight excluding hydrogens is 423 g/mol. The lowest BCUT2D eigenvalue weighted by Gasteiger charge is -2.14. The zero-order valence-electron chi connectivity index (χ0n) is 14.3. The van der Waals surface area contributed by atoms with Crippen LogP contribution in [0.25, 0.3) is 21.9 Å². The lowest BCUT2D eigenvalue weighted by molar-refractivity contribution is -0.00987. The van der Waals surface area contributed by atoms with E-state index in [1.807, 2.05) is 0 Å². The van der Waals surface area contributed by atoms with Gasteiger partial charge in [0.05, 0.1) is 27.8 Å². The standard InChI is InChI=1S/C20H10Cl2O7/c21-7-1-3-9-11(5-7)27-19(25)14(16(9)23)13-15-17(29-18(13)24)10-4-2-8(22)6-12(10)28-20(15)26/h1-6,13,18,23-24H. The number of hydrogen-bond acceptors (Lipinski definition) is 7. The molecule has 0 fully saturated rings. The van der Waals surface area contributed by atoms with Gasteiger partial charge in [-0.3, -0.25) is 0 Å². The summed E-state index contributed by atoms with van der Waals surface area (Å²) in [5.41, 5.74) is -1.94. The van der Waals surface area contributed by atoms with Crippen LogP contribution in [0.2, 0.25) is 10.0 Å². The Kier molecular flexibility index (Phi) is 3.89. The van der Waals surface area contributed by atoms with Crippen molar-refractivity contribution in [2.75, 3.05) is 0 Å². The Balaban J connectivity index is 1.82. The molecule has 0 saturated heterocycles. The molecule has 9 heteroatoms. The third-order valence-electron chi connectivity index (χ3n) is 4.88. The average Bonchev–Trinajstić information content (AvgIpc) is 2.99. The summed E-state index contributed by atoms with van der Waals surface area (Å²) in [5.74, 6) is -1.69. The smallest absolute Gasteiger partial charge is 0.344 e. The molecular formula is C20H10Cl2O7. The Bertz CT molecular complexity index is 1440. The van der Waals surface area contributed by atoms with E-state index in [4.69, 9.17) is 36.8 Å². The van der Waals surface area contributed by atoms with Crippen LogP contribution in [-0.4, -0.2) is 16.5 Å². The summed E-state index contributed by atoms with van der Waals surface area (Å²) < 4.78 is 16.1. The molecule has 2 aromatic carbocycles. The molecule has 2 unspecified atom stereocenters. The van der Waals surface area contributed by atoms with Crippen LogP contribution in [0, 0.1) is 0 Å². The maximum atomic E-state index is 12.7. The van der Waals surface area contributed by atoms with Crippen molar-refractivity contribution in [1.82, 2.24) is 0 Å². The minimum absolute atomic E-state index is 0.0559. The van der Waals surface area contributed by atoms with Gasteiger partial charge >= 0.3 is 11.3 Å². The van der Waals surface area contributed by atoms with E-state index in [9.17, 15) is 19.8 Å². The zero-order valence-corrected chi connectivity index (χ0v) is 15.8. The summed E-state index contributed by atoms with van der Waals surface area (Å²) in [7, 11) is 0. The molecule has 1 aliphatic heterocycles. The number of aromatic hydroxyl groups is 1. The van der Waals surface area contributed by atoms with Gasteiger partial charge in [-0.05, 0) is 24.3 Å². The molecule has 2 aromatic heterocycles. The third-order valence-corrected chi connectivity index (χ3v) is 5.35. The van der Waals surface area contributed by atoms with Gasteiger partial charge in [0, 0.05) is 22.2 Å². The lowest BCUT2D eigenvalue weighted by atomic mass is 9.92. The van der Waals surface area contributed by atoms with E-state index >= 15 is 0 Å². The first-order chi connectivity index (χ1) is 13.8. The van der Waals surface area contributed by atoms with Crippen molar-refractivity contribution in [2.45, 2.75) is 12.2 Å². The number of benzene rings is 2. The fourth-order valence-electron chi connectivity index (χ4n) is 3.62. The molecule has 0 bridgehead atoms. The predicted molar refractivity (Wildman–Crippen MR) is 105 cm³/mol. The molecule has 4 aromatic rings. The maximum absolute atomic E-state index is 12.7. The Hall–Kier alpha value is -3.00. The largest absolute Gasteiger partial charge is 0.507 e. The Morgan fingerprint density at radius 2 is 1.38 bits per heavy atom. The van der Waals surface area contributed by atoms with E-state index < -0.39 is 29.2 Å². The van der Waals surface area contributed by atoms with Gasteiger partial charge in [0.2, 0.25) is 6.29 Å². The van der Waals surface area contributed by atoms with Crippen molar-refractivity contribution in [3.63, 3.8) is 0 Å². The van der Waals surface area contributed by atoms with Gasteiger partial charge in [-0.2, -0.15) is 0 Å². The van der Waals surface area contributed by atoms with Crippen LogP contribution >= 0.6 is 23.2 Å². The van der Waals surface area contributed by atoms with Crippen LogP contribution in [0.4, 0.5) is 0 Å².